The van der Waals surface area contributed by atoms with Gasteiger partial charge in [0.2, 0.25) is 0 Å². The van der Waals surface area contributed by atoms with E-state index in [0.29, 0.717) is 27.2 Å². The summed E-state index contributed by atoms with van der Waals surface area (Å²) in [5, 5.41) is 1.93. The maximum atomic E-state index is 13.5. The molecule has 0 fully saturated rings. The molecule has 166 valence electrons. The summed E-state index contributed by atoms with van der Waals surface area (Å²) < 4.78 is 13.8. The third kappa shape index (κ3) is 4.24. The molecule has 4 rings (SSSR count). The zero-order valence-electron chi connectivity index (χ0n) is 17.8. The molecule has 1 aromatic carbocycles. The number of carbonyl (C=O) groups excluding carboxylic acids is 1. The SMILES string of the molecule is CCOC(=O)C1=C(C)N=c2s/c(=C\c3ccc(OCC)c(Br)c3)c(=O)n2[C@@H]1c1cccs1. The molecular weight excluding hydrogens is 512 g/mol. The van der Waals surface area contributed by atoms with Crippen LogP contribution in [0, 0.1) is 0 Å². The lowest BCUT2D eigenvalue weighted by molar-refractivity contribution is -0.139. The van der Waals surface area contributed by atoms with Crippen LogP contribution in [-0.2, 0) is 9.53 Å². The van der Waals surface area contributed by atoms with Gasteiger partial charge in [-0.1, -0.05) is 23.5 Å². The largest absolute Gasteiger partial charge is 0.493 e. The number of thiazole rings is 1. The Morgan fingerprint density at radius 1 is 1.28 bits per heavy atom. The van der Waals surface area contributed by atoms with Gasteiger partial charge in [0.15, 0.2) is 4.80 Å². The number of ether oxygens (including phenoxy) is 2. The van der Waals surface area contributed by atoms with Crippen LogP contribution >= 0.6 is 38.6 Å². The van der Waals surface area contributed by atoms with Gasteiger partial charge in [0.05, 0.1) is 33.5 Å². The van der Waals surface area contributed by atoms with Crippen LogP contribution in [0.15, 0.2) is 61.2 Å². The van der Waals surface area contributed by atoms with E-state index < -0.39 is 12.0 Å². The monoisotopic (exact) mass is 532 g/mol. The minimum absolute atomic E-state index is 0.188. The fourth-order valence-electron chi connectivity index (χ4n) is 3.54. The Labute approximate surface area is 201 Å². The molecule has 0 aliphatic carbocycles. The molecule has 0 saturated carbocycles. The summed E-state index contributed by atoms with van der Waals surface area (Å²) in [6.07, 6.45) is 1.83. The first kappa shape index (κ1) is 22.7. The predicted octanol–water partition coefficient (Wildman–Crippen LogP) is 4.02. The van der Waals surface area contributed by atoms with Gasteiger partial charge in [-0.2, -0.15) is 0 Å². The van der Waals surface area contributed by atoms with E-state index in [9.17, 15) is 9.59 Å². The second kappa shape index (κ2) is 9.56. The minimum atomic E-state index is -0.556. The quantitative estimate of drug-likeness (QED) is 0.449. The van der Waals surface area contributed by atoms with Gasteiger partial charge >= 0.3 is 5.97 Å². The number of hydrogen-bond donors (Lipinski definition) is 0. The lowest BCUT2D eigenvalue weighted by atomic mass is 10.0. The second-order valence-electron chi connectivity index (χ2n) is 6.94. The summed E-state index contributed by atoms with van der Waals surface area (Å²) in [4.78, 5) is 32.3. The maximum absolute atomic E-state index is 13.5. The lowest BCUT2D eigenvalue weighted by Crippen LogP contribution is -2.39. The molecule has 3 aromatic rings. The van der Waals surface area contributed by atoms with Crippen molar-refractivity contribution in [2.45, 2.75) is 26.8 Å². The highest BCUT2D eigenvalue weighted by Gasteiger charge is 2.33. The number of fused-ring (bicyclic) bond motifs is 1. The van der Waals surface area contributed by atoms with E-state index in [0.717, 1.165) is 20.7 Å². The summed E-state index contributed by atoms with van der Waals surface area (Å²) in [6, 6.07) is 8.96. The van der Waals surface area contributed by atoms with Crippen LogP contribution in [0.4, 0.5) is 0 Å². The number of benzene rings is 1. The second-order valence-corrected chi connectivity index (χ2v) is 9.78. The van der Waals surface area contributed by atoms with Crippen LogP contribution < -0.4 is 19.6 Å². The highest BCUT2D eigenvalue weighted by molar-refractivity contribution is 9.10. The number of hydrogen-bond acceptors (Lipinski definition) is 7. The van der Waals surface area contributed by atoms with E-state index >= 15 is 0 Å². The number of thiophene rings is 1. The topological polar surface area (TPSA) is 69.9 Å². The lowest BCUT2D eigenvalue weighted by Gasteiger charge is -2.23. The molecule has 0 N–H and O–H groups in total. The fraction of sp³-hybridized carbons (Fsp3) is 0.261. The first-order valence-corrected chi connectivity index (χ1v) is 12.6. The smallest absolute Gasteiger partial charge is 0.338 e. The van der Waals surface area contributed by atoms with E-state index in [1.54, 1.807) is 18.4 Å². The Balaban J connectivity index is 1.87. The van der Waals surface area contributed by atoms with Crippen molar-refractivity contribution >= 4 is 50.6 Å². The van der Waals surface area contributed by atoms with Crippen molar-refractivity contribution in [3.05, 3.63) is 81.6 Å². The average molecular weight is 533 g/mol. The van der Waals surface area contributed by atoms with E-state index in [-0.39, 0.29) is 12.2 Å². The molecule has 9 heteroatoms. The van der Waals surface area contributed by atoms with Gasteiger partial charge in [-0.05, 0) is 71.9 Å². The number of esters is 1. The first-order chi connectivity index (χ1) is 15.4. The van der Waals surface area contributed by atoms with Crippen molar-refractivity contribution in [3.8, 4) is 5.75 Å². The third-order valence-corrected chi connectivity index (χ3v) is 7.41. The number of nitrogens with zero attached hydrogens (tertiary/aromatic N) is 2. The Hall–Kier alpha value is -2.49. The van der Waals surface area contributed by atoms with Gasteiger partial charge in [-0.3, -0.25) is 9.36 Å². The minimum Gasteiger partial charge on any atom is -0.493 e. The molecule has 32 heavy (non-hydrogen) atoms. The average Bonchev–Trinajstić information content (AvgIpc) is 3.38. The molecule has 0 spiro atoms. The van der Waals surface area contributed by atoms with Crippen molar-refractivity contribution in [2.24, 2.45) is 4.99 Å². The van der Waals surface area contributed by atoms with Crippen LogP contribution in [0.25, 0.3) is 6.08 Å². The molecule has 1 atom stereocenters. The summed E-state index contributed by atoms with van der Waals surface area (Å²) in [5.41, 5.74) is 1.64. The predicted molar refractivity (Wildman–Crippen MR) is 130 cm³/mol. The number of carbonyl (C=O) groups is 1. The summed E-state index contributed by atoms with van der Waals surface area (Å²) in [7, 11) is 0. The standard InChI is InChI=1S/C23H21BrN2O4S2/c1-4-29-16-9-8-14(11-15(16)24)12-18-21(27)26-20(17-7-6-10-31-17)19(22(28)30-5-2)13(3)25-23(26)32-18/h6-12,20H,4-5H2,1-3H3/b18-12-/t20-/m1/s1. The van der Waals surface area contributed by atoms with E-state index in [4.69, 9.17) is 9.47 Å². The van der Waals surface area contributed by atoms with E-state index in [1.807, 2.05) is 48.7 Å². The molecule has 2 aromatic heterocycles. The third-order valence-electron chi connectivity index (χ3n) is 4.88. The molecule has 0 amide bonds. The molecule has 0 unspecified atom stereocenters. The fourth-order valence-corrected chi connectivity index (χ4v) is 5.92. The molecule has 0 saturated heterocycles. The maximum Gasteiger partial charge on any atom is 0.338 e. The van der Waals surface area contributed by atoms with Crippen LogP contribution in [0.5, 0.6) is 5.75 Å². The van der Waals surface area contributed by atoms with Gasteiger partial charge in [0.1, 0.15) is 11.8 Å². The van der Waals surface area contributed by atoms with Crippen molar-refractivity contribution in [1.82, 2.24) is 4.57 Å². The molecule has 1 aliphatic rings. The Morgan fingerprint density at radius 3 is 2.75 bits per heavy atom. The van der Waals surface area contributed by atoms with Gasteiger partial charge in [-0.15, -0.1) is 11.3 Å². The van der Waals surface area contributed by atoms with Crippen LogP contribution in [0.2, 0.25) is 0 Å². The summed E-state index contributed by atoms with van der Waals surface area (Å²) >= 11 is 6.32. The van der Waals surface area contributed by atoms with Gasteiger partial charge in [0.25, 0.3) is 5.56 Å². The summed E-state index contributed by atoms with van der Waals surface area (Å²) in [6.45, 7) is 6.30. The van der Waals surface area contributed by atoms with Gasteiger partial charge in [-0.25, -0.2) is 9.79 Å². The highest BCUT2D eigenvalue weighted by Crippen LogP contribution is 2.33. The normalized spacial score (nSPS) is 16.0. The van der Waals surface area contributed by atoms with Gasteiger partial charge < -0.3 is 9.47 Å². The van der Waals surface area contributed by atoms with Crippen LogP contribution in [-0.4, -0.2) is 23.8 Å². The van der Waals surface area contributed by atoms with E-state index in [1.165, 1.54) is 22.7 Å². The molecule has 0 bridgehead atoms. The highest BCUT2D eigenvalue weighted by atomic mass is 79.9. The molecule has 0 radical (unpaired) electrons. The molecule has 3 heterocycles. The Morgan fingerprint density at radius 2 is 2.09 bits per heavy atom. The number of aromatic nitrogens is 1. The molecule has 1 aliphatic heterocycles. The summed E-state index contributed by atoms with van der Waals surface area (Å²) in [5.74, 6) is 0.301. The van der Waals surface area contributed by atoms with Crippen molar-refractivity contribution < 1.29 is 14.3 Å². The Kier molecular flexibility index (Phi) is 6.78. The molecular formula is C23H21BrN2O4S2. The zero-order valence-corrected chi connectivity index (χ0v) is 21.0. The van der Waals surface area contributed by atoms with Crippen LogP contribution in [0.1, 0.15) is 37.3 Å². The van der Waals surface area contributed by atoms with E-state index in [2.05, 4.69) is 20.9 Å². The van der Waals surface area contributed by atoms with Crippen LogP contribution in [0.3, 0.4) is 0 Å². The van der Waals surface area contributed by atoms with Gasteiger partial charge in [0, 0.05) is 4.88 Å². The van der Waals surface area contributed by atoms with Crippen molar-refractivity contribution in [2.75, 3.05) is 13.2 Å². The zero-order chi connectivity index (χ0) is 22.8. The number of halogens is 1. The first-order valence-electron chi connectivity index (χ1n) is 10.1. The number of allylic oxidation sites excluding steroid dienone is 1. The van der Waals surface area contributed by atoms with Crippen molar-refractivity contribution in [1.29, 1.82) is 0 Å². The van der Waals surface area contributed by atoms with Crippen molar-refractivity contribution in [3.63, 3.8) is 0 Å². The molecule has 6 nitrogen and oxygen atoms in total. The number of rotatable bonds is 6. The Bertz CT molecular complexity index is 1370.